The maximum absolute atomic E-state index is 5.64. The predicted molar refractivity (Wildman–Crippen MR) is 57.8 cm³/mol. The highest BCUT2D eigenvalue weighted by Gasteiger charge is 2.01. The Labute approximate surface area is 87.8 Å². The normalized spacial score (nSPS) is 10.1. The van der Waals surface area contributed by atoms with Crippen LogP contribution in [0.15, 0.2) is 17.2 Å². The maximum Gasteiger partial charge on any atom is 0.138 e. The molecule has 1 heterocycles. The van der Waals surface area contributed by atoms with Gasteiger partial charge in [0, 0.05) is 7.11 Å². The summed E-state index contributed by atoms with van der Waals surface area (Å²) in [4.78, 5) is 4.95. The monoisotopic (exact) mass is 214 g/mol. The van der Waals surface area contributed by atoms with Crippen LogP contribution in [-0.4, -0.2) is 31.6 Å². The van der Waals surface area contributed by atoms with Crippen LogP contribution in [0.5, 0.6) is 5.75 Å². The third-order valence-electron chi connectivity index (χ3n) is 1.63. The van der Waals surface area contributed by atoms with Crippen molar-refractivity contribution in [3.05, 3.63) is 12.3 Å². The van der Waals surface area contributed by atoms with Crippen molar-refractivity contribution in [3.63, 3.8) is 0 Å². The Balaban J connectivity index is 2.60. The Morgan fingerprint density at radius 3 is 2.93 bits per heavy atom. The van der Waals surface area contributed by atoms with Crippen molar-refractivity contribution >= 4 is 17.6 Å². The molecule has 0 aliphatic heterocycles. The molecule has 0 saturated carbocycles. The molecular formula is C9H14N2O2S. The van der Waals surface area contributed by atoms with Crippen LogP contribution in [0.2, 0.25) is 0 Å². The fourth-order valence-electron chi connectivity index (χ4n) is 0.922. The lowest BCUT2D eigenvalue weighted by Crippen LogP contribution is -2.05. The zero-order valence-electron chi connectivity index (χ0n) is 8.32. The van der Waals surface area contributed by atoms with Crippen LogP contribution in [0.3, 0.4) is 0 Å². The van der Waals surface area contributed by atoms with E-state index in [4.69, 9.17) is 15.2 Å². The first-order valence-electron chi connectivity index (χ1n) is 4.19. The van der Waals surface area contributed by atoms with Crippen LogP contribution in [0.25, 0.3) is 0 Å². The molecule has 4 nitrogen and oxygen atoms in total. The van der Waals surface area contributed by atoms with Gasteiger partial charge in [0.1, 0.15) is 18.2 Å². The summed E-state index contributed by atoms with van der Waals surface area (Å²) in [7, 11) is 1.64. The fourth-order valence-corrected chi connectivity index (χ4v) is 1.42. The van der Waals surface area contributed by atoms with Crippen molar-refractivity contribution in [2.24, 2.45) is 0 Å². The molecule has 0 fully saturated rings. The molecule has 1 rings (SSSR count). The Bertz CT molecular complexity index is 294. The Morgan fingerprint density at radius 2 is 2.29 bits per heavy atom. The first kappa shape index (κ1) is 11.1. The van der Waals surface area contributed by atoms with Gasteiger partial charge in [-0.3, -0.25) is 0 Å². The molecule has 0 amide bonds. The van der Waals surface area contributed by atoms with E-state index in [2.05, 4.69) is 4.98 Å². The second-order valence-corrected chi connectivity index (χ2v) is 3.45. The molecule has 0 radical (unpaired) electrons. The zero-order chi connectivity index (χ0) is 10.4. The molecule has 0 aliphatic carbocycles. The lowest BCUT2D eigenvalue weighted by Gasteiger charge is -2.07. The number of hydrogen-bond donors (Lipinski definition) is 1. The first-order valence-corrected chi connectivity index (χ1v) is 5.41. The van der Waals surface area contributed by atoms with Crippen molar-refractivity contribution in [2.45, 2.75) is 4.90 Å². The quantitative estimate of drug-likeness (QED) is 0.593. The van der Waals surface area contributed by atoms with Crippen molar-refractivity contribution in [1.82, 2.24) is 4.98 Å². The van der Waals surface area contributed by atoms with Gasteiger partial charge in [-0.2, -0.15) is 0 Å². The molecule has 0 saturated heterocycles. The number of thioether (sulfide) groups is 1. The van der Waals surface area contributed by atoms with Gasteiger partial charge >= 0.3 is 0 Å². The SMILES string of the molecule is COCCOc1cnc(N)c(SC)c1. The third kappa shape index (κ3) is 3.08. The van der Waals surface area contributed by atoms with E-state index in [-0.39, 0.29) is 0 Å². The molecule has 0 aromatic carbocycles. The van der Waals surface area contributed by atoms with Gasteiger partial charge in [0.25, 0.3) is 0 Å². The molecule has 0 bridgehead atoms. The fraction of sp³-hybridized carbons (Fsp3) is 0.444. The molecule has 0 aliphatic rings. The molecule has 0 atom stereocenters. The van der Waals surface area contributed by atoms with Crippen molar-refractivity contribution < 1.29 is 9.47 Å². The van der Waals surface area contributed by atoms with Crippen molar-refractivity contribution in [2.75, 3.05) is 32.3 Å². The summed E-state index contributed by atoms with van der Waals surface area (Å²) in [6.45, 7) is 1.09. The lowest BCUT2D eigenvalue weighted by molar-refractivity contribution is 0.146. The van der Waals surface area contributed by atoms with Gasteiger partial charge in [-0.15, -0.1) is 11.8 Å². The highest BCUT2D eigenvalue weighted by molar-refractivity contribution is 7.98. The van der Waals surface area contributed by atoms with Crippen LogP contribution >= 0.6 is 11.8 Å². The van der Waals surface area contributed by atoms with E-state index >= 15 is 0 Å². The second-order valence-electron chi connectivity index (χ2n) is 2.60. The standard InChI is InChI=1S/C9H14N2O2S/c1-12-3-4-13-7-5-8(14-2)9(10)11-6-7/h5-6H,3-4H2,1-2H3,(H2,10,11). The number of nitrogens with zero attached hydrogens (tertiary/aromatic N) is 1. The minimum absolute atomic E-state index is 0.524. The summed E-state index contributed by atoms with van der Waals surface area (Å²) in [6.07, 6.45) is 3.57. The molecule has 5 heteroatoms. The van der Waals surface area contributed by atoms with E-state index in [9.17, 15) is 0 Å². The highest BCUT2D eigenvalue weighted by Crippen LogP contribution is 2.24. The molecular weight excluding hydrogens is 200 g/mol. The minimum Gasteiger partial charge on any atom is -0.490 e. The number of anilines is 1. The molecule has 14 heavy (non-hydrogen) atoms. The largest absolute Gasteiger partial charge is 0.490 e. The van der Waals surface area contributed by atoms with Gasteiger partial charge in [0.15, 0.2) is 0 Å². The molecule has 1 aromatic rings. The maximum atomic E-state index is 5.64. The Morgan fingerprint density at radius 1 is 1.50 bits per heavy atom. The summed E-state index contributed by atoms with van der Waals surface area (Å²) < 4.78 is 10.3. The van der Waals surface area contributed by atoms with Gasteiger partial charge in [0.2, 0.25) is 0 Å². The number of ether oxygens (including phenoxy) is 2. The second kappa shape index (κ2) is 5.72. The number of methoxy groups -OCH3 is 1. The average Bonchev–Trinajstić information content (AvgIpc) is 2.21. The number of rotatable bonds is 5. The van der Waals surface area contributed by atoms with Gasteiger partial charge in [-0.1, -0.05) is 0 Å². The third-order valence-corrected chi connectivity index (χ3v) is 2.40. The Kier molecular flexibility index (Phi) is 4.55. The lowest BCUT2D eigenvalue weighted by atomic mass is 10.4. The van der Waals surface area contributed by atoms with E-state index in [0.29, 0.717) is 19.0 Å². The van der Waals surface area contributed by atoms with Gasteiger partial charge in [0.05, 0.1) is 17.7 Å². The number of aromatic nitrogens is 1. The van der Waals surface area contributed by atoms with E-state index in [1.807, 2.05) is 12.3 Å². The Hall–Kier alpha value is -0.940. The van der Waals surface area contributed by atoms with Gasteiger partial charge in [-0.05, 0) is 12.3 Å². The summed E-state index contributed by atoms with van der Waals surface area (Å²) in [5, 5.41) is 0. The molecule has 78 valence electrons. The van der Waals surface area contributed by atoms with Gasteiger partial charge in [-0.25, -0.2) is 4.98 Å². The first-order chi connectivity index (χ1) is 6.77. The smallest absolute Gasteiger partial charge is 0.138 e. The van der Waals surface area contributed by atoms with Crippen molar-refractivity contribution in [3.8, 4) is 5.75 Å². The molecule has 0 spiro atoms. The van der Waals surface area contributed by atoms with Crippen molar-refractivity contribution in [1.29, 1.82) is 0 Å². The number of nitrogens with two attached hydrogens (primary N) is 1. The highest BCUT2D eigenvalue weighted by atomic mass is 32.2. The molecule has 0 unspecified atom stereocenters. The molecule has 1 aromatic heterocycles. The van der Waals surface area contributed by atoms with E-state index in [1.54, 1.807) is 25.1 Å². The number of hydrogen-bond acceptors (Lipinski definition) is 5. The summed E-state index contributed by atoms with van der Waals surface area (Å²) in [5.74, 6) is 1.26. The summed E-state index contributed by atoms with van der Waals surface area (Å²) >= 11 is 1.55. The van der Waals surface area contributed by atoms with Crippen LogP contribution in [-0.2, 0) is 4.74 Å². The van der Waals surface area contributed by atoms with Crippen LogP contribution in [0.1, 0.15) is 0 Å². The number of nitrogen functional groups attached to an aromatic ring is 1. The molecule has 2 N–H and O–H groups in total. The van der Waals surface area contributed by atoms with E-state index in [0.717, 1.165) is 10.6 Å². The van der Waals surface area contributed by atoms with Crippen LogP contribution < -0.4 is 10.5 Å². The summed E-state index contributed by atoms with van der Waals surface area (Å²) in [6, 6.07) is 1.88. The topological polar surface area (TPSA) is 57.4 Å². The zero-order valence-corrected chi connectivity index (χ0v) is 9.13. The van der Waals surface area contributed by atoms with Crippen LogP contribution in [0.4, 0.5) is 5.82 Å². The van der Waals surface area contributed by atoms with Crippen LogP contribution in [0, 0.1) is 0 Å². The van der Waals surface area contributed by atoms with Gasteiger partial charge < -0.3 is 15.2 Å². The van der Waals surface area contributed by atoms with E-state index < -0.39 is 0 Å². The average molecular weight is 214 g/mol. The minimum atomic E-state index is 0.524. The predicted octanol–water partition coefficient (Wildman–Crippen LogP) is 1.41. The summed E-state index contributed by atoms with van der Waals surface area (Å²) in [5.41, 5.74) is 5.64. The number of pyridine rings is 1. The van der Waals surface area contributed by atoms with E-state index in [1.165, 1.54) is 0 Å².